The quantitative estimate of drug-likeness (QED) is 0.815. The number of hydrogen-bond donors (Lipinski definition) is 2. The van der Waals surface area contributed by atoms with Gasteiger partial charge in [-0.1, -0.05) is 19.3 Å². The molecule has 2 rings (SSSR count). The van der Waals surface area contributed by atoms with E-state index in [0.717, 1.165) is 25.7 Å². The van der Waals surface area contributed by atoms with E-state index in [1.165, 1.54) is 6.42 Å². The molecule has 19 heavy (non-hydrogen) atoms. The van der Waals surface area contributed by atoms with Gasteiger partial charge in [0, 0.05) is 12.7 Å². The Kier molecular flexibility index (Phi) is 4.81. The van der Waals surface area contributed by atoms with E-state index in [1.54, 1.807) is 17.1 Å². The first-order chi connectivity index (χ1) is 9.05. The summed E-state index contributed by atoms with van der Waals surface area (Å²) in [4.78, 5) is 0. The van der Waals surface area contributed by atoms with Crippen LogP contribution in [-0.4, -0.2) is 30.5 Å². The molecule has 1 aliphatic carbocycles. The maximum atomic E-state index is 11.9. The molecule has 6 nitrogen and oxygen atoms in total. The molecule has 1 aliphatic rings. The van der Waals surface area contributed by atoms with Crippen LogP contribution in [0.25, 0.3) is 0 Å². The van der Waals surface area contributed by atoms with Crippen molar-refractivity contribution in [2.75, 3.05) is 18.0 Å². The predicted molar refractivity (Wildman–Crippen MR) is 75.0 cm³/mol. The zero-order chi connectivity index (χ0) is 13.7. The molecule has 0 aromatic carbocycles. The van der Waals surface area contributed by atoms with Gasteiger partial charge in [0.15, 0.2) is 0 Å². The summed E-state index contributed by atoms with van der Waals surface area (Å²) in [5, 5.41) is 4.01. The Balaban J connectivity index is 1.74. The number of hydrogen-bond acceptors (Lipinski definition) is 4. The Labute approximate surface area is 114 Å². The average molecular weight is 286 g/mol. The van der Waals surface area contributed by atoms with Gasteiger partial charge in [-0.25, -0.2) is 13.1 Å². The van der Waals surface area contributed by atoms with Crippen molar-refractivity contribution in [1.29, 1.82) is 0 Å². The molecule has 0 saturated heterocycles. The Morgan fingerprint density at radius 1 is 1.37 bits per heavy atom. The number of nitrogens with zero attached hydrogens (tertiary/aromatic N) is 2. The van der Waals surface area contributed by atoms with Gasteiger partial charge in [-0.2, -0.15) is 5.10 Å². The molecule has 7 heteroatoms. The average Bonchev–Trinajstić information content (AvgIpc) is 2.75. The summed E-state index contributed by atoms with van der Waals surface area (Å²) in [6, 6.07) is 0. The highest BCUT2D eigenvalue weighted by Gasteiger charge is 2.20. The lowest BCUT2D eigenvalue weighted by atomic mass is 9.91. The number of rotatable bonds is 6. The van der Waals surface area contributed by atoms with Crippen molar-refractivity contribution in [2.45, 2.75) is 38.6 Å². The Morgan fingerprint density at radius 3 is 2.74 bits per heavy atom. The molecule has 0 radical (unpaired) electrons. The number of sulfonamides is 1. The molecule has 108 valence electrons. The van der Waals surface area contributed by atoms with Crippen LogP contribution >= 0.6 is 0 Å². The zero-order valence-corrected chi connectivity index (χ0v) is 11.9. The van der Waals surface area contributed by atoms with Gasteiger partial charge in [-0.3, -0.25) is 4.68 Å². The van der Waals surface area contributed by atoms with E-state index in [4.69, 9.17) is 5.73 Å². The molecule has 0 bridgehead atoms. The van der Waals surface area contributed by atoms with Crippen molar-refractivity contribution in [2.24, 2.45) is 5.92 Å². The monoisotopic (exact) mass is 286 g/mol. The SMILES string of the molecule is Nc1cnn(CCNS(=O)(=O)CC2CCCCC2)c1. The fourth-order valence-corrected chi connectivity index (χ4v) is 4.01. The summed E-state index contributed by atoms with van der Waals surface area (Å²) >= 11 is 0. The van der Waals surface area contributed by atoms with Gasteiger partial charge in [0.25, 0.3) is 0 Å². The van der Waals surface area contributed by atoms with Gasteiger partial charge < -0.3 is 5.73 Å². The lowest BCUT2D eigenvalue weighted by Crippen LogP contribution is -2.33. The van der Waals surface area contributed by atoms with E-state index in [1.807, 2.05) is 0 Å². The number of nitrogens with two attached hydrogens (primary N) is 1. The second kappa shape index (κ2) is 6.38. The molecule has 1 saturated carbocycles. The van der Waals surface area contributed by atoms with E-state index in [0.29, 0.717) is 24.7 Å². The van der Waals surface area contributed by atoms with Crippen molar-refractivity contribution in [3.63, 3.8) is 0 Å². The minimum Gasteiger partial charge on any atom is -0.396 e. The van der Waals surface area contributed by atoms with Crippen molar-refractivity contribution < 1.29 is 8.42 Å². The molecule has 0 atom stereocenters. The van der Waals surface area contributed by atoms with Crippen molar-refractivity contribution in [3.05, 3.63) is 12.4 Å². The minimum absolute atomic E-state index is 0.258. The molecule has 1 aromatic heterocycles. The molecule has 1 aromatic rings. The Morgan fingerprint density at radius 2 is 2.11 bits per heavy atom. The van der Waals surface area contributed by atoms with Crippen LogP contribution in [0.15, 0.2) is 12.4 Å². The number of nitrogens with one attached hydrogen (secondary N) is 1. The van der Waals surface area contributed by atoms with E-state index in [-0.39, 0.29) is 5.75 Å². The summed E-state index contributed by atoms with van der Waals surface area (Å²) in [7, 11) is -3.17. The van der Waals surface area contributed by atoms with Crippen LogP contribution in [0.2, 0.25) is 0 Å². The van der Waals surface area contributed by atoms with E-state index >= 15 is 0 Å². The van der Waals surface area contributed by atoms with Crippen LogP contribution in [0.4, 0.5) is 5.69 Å². The van der Waals surface area contributed by atoms with Crippen LogP contribution in [0, 0.1) is 5.92 Å². The van der Waals surface area contributed by atoms with Crippen LogP contribution < -0.4 is 10.5 Å². The van der Waals surface area contributed by atoms with Gasteiger partial charge in [0.05, 0.1) is 24.2 Å². The van der Waals surface area contributed by atoms with E-state index in [9.17, 15) is 8.42 Å². The lowest BCUT2D eigenvalue weighted by molar-refractivity contribution is 0.383. The second-order valence-electron chi connectivity index (χ2n) is 5.22. The first-order valence-corrected chi connectivity index (χ1v) is 8.46. The van der Waals surface area contributed by atoms with Crippen LogP contribution in [0.5, 0.6) is 0 Å². The van der Waals surface area contributed by atoms with E-state index < -0.39 is 10.0 Å². The highest BCUT2D eigenvalue weighted by Crippen LogP contribution is 2.24. The first-order valence-electron chi connectivity index (χ1n) is 6.80. The molecular weight excluding hydrogens is 264 g/mol. The summed E-state index contributed by atoms with van der Waals surface area (Å²) in [5.74, 6) is 0.584. The van der Waals surface area contributed by atoms with Gasteiger partial charge >= 0.3 is 0 Å². The van der Waals surface area contributed by atoms with Crippen LogP contribution in [-0.2, 0) is 16.6 Å². The van der Waals surface area contributed by atoms with Gasteiger partial charge in [-0.05, 0) is 18.8 Å². The van der Waals surface area contributed by atoms with Crippen molar-refractivity contribution >= 4 is 15.7 Å². The molecule has 0 aliphatic heterocycles. The fraction of sp³-hybridized carbons (Fsp3) is 0.750. The number of nitrogen functional groups attached to an aromatic ring is 1. The highest BCUT2D eigenvalue weighted by atomic mass is 32.2. The topological polar surface area (TPSA) is 90.0 Å². The molecule has 1 fully saturated rings. The molecule has 1 heterocycles. The summed E-state index contributed by atoms with van der Waals surface area (Å²) in [5.41, 5.74) is 6.13. The smallest absolute Gasteiger partial charge is 0.211 e. The molecule has 0 amide bonds. The summed E-state index contributed by atoms with van der Waals surface area (Å²) < 4.78 is 28.1. The molecule has 0 unspecified atom stereocenters. The standard InChI is InChI=1S/C12H22N4O2S/c13-12-8-14-16(9-12)7-6-15-19(17,18)10-11-4-2-1-3-5-11/h8-9,11,15H,1-7,10,13H2. The van der Waals surface area contributed by atoms with Crippen molar-refractivity contribution in [1.82, 2.24) is 14.5 Å². The minimum atomic E-state index is -3.17. The van der Waals surface area contributed by atoms with Gasteiger partial charge in [-0.15, -0.1) is 0 Å². The summed E-state index contributed by atoms with van der Waals surface area (Å²) in [6.07, 6.45) is 8.88. The first kappa shape index (κ1) is 14.3. The van der Waals surface area contributed by atoms with Gasteiger partial charge in [0.1, 0.15) is 0 Å². The van der Waals surface area contributed by atoms with E-state index in [2.05, 4.69) is 9.82 Å². The number of aromatic nitrogens is 2. The number of anilines is 1. The van der Waals surface area contributed by atoms with Crippen LogP contribution in [0.3, 0.4) is 0 Å². The molecule has 3 N–H and O–H groups in total. The van der Waals surface area contributed by atoms with Crippen molar-refractivity contribution in [3.8, 4) is 0 Å². The zero-order valence-electron chi connectivity index (χ0n) is 11.1. The second-order valence-corrected chi connectivity index (χ2v) is 7.07. The Hall–Kier alpha value is -1.08. The molecular formula is C12H22N4O2S. The molecule has 0 spiro atoms. The maximum absolute atomic E-state index is 11.9. The fourth-order valence-electron chi connectivity index (χ4n) is 2.54. The Bertz CT molecular complexity index is 492. The third kappa shape index (κ3) is 4.83. The predicted octanol–water partition coefficient (Wildman–Crippen LogP) is 0.965. The van der Waals surface area contributed by atoms with Crippen LogP contribution in [0.1, 0.15) is 32.1 Å². The third-order valence-electron chi connectivity index (χ3n) is 3.50. The summed E-state index contributed by atoms with van der Waals surface area (Å²) in [6.45, 7) is 0.858. The normalized spacial score (nSPS) is 17.7. The lowest BCUT2D eigenvalue weighted by Gasteiger charge is -2.21. The third-order valence-corrected chi connectivity index (χ3v) is 5.05. The highest BCUT2D eigenvalue weighted by molar-refractivity contribution is 7.89. The largest absolute Gasteiger partial charge is 0.396 e. The maximum Gasteiger partial charge on any atom is 0.211 e. The van der Waals surface area contributed by atoms with Gasteiger partial charge in [0.2, 0.25) is 10.0 Å².